The quantitative estimate of drug-likeness (QED) is 0.892. The summed E-state index contributed by atoms with van der Waals surface area (Å²) in [5.74, 6) is 2.63. The Labute approximate surface area is 156 Å². The third kappa shape index (κ3) is 3.02. The molecule has 1 amide bonds. The molecule has 1 aliphatic carbocycles. The molecule has 27 heavy (non-hydrogen) atoms. The van der Waals surface area contributed by atoms with E-state index in [1.165, 1.54) is 12.5 Å². The van der Waals surface area contributed by atoms with Crippen LogP contribution in [-0.2, 0) is 0 Å². The number of benzene rings is 1. The van der Waals surface area contributed by atoms with Gasteiger partial charge >= 0.3 is 0 Å². The molecule has 2 aromatic rings. The van der Waals surface area contributed by atoms with Crippen LogP contribution in [-0.4, -0.2) is 48.0 Å². The lowest BCUT2D eigenvalue weighted by Gasteiger charge is -2.35. The van der Waals surface area contributed by atoms with Crippen molar-refractivity contribution in [1.29, 1.82) is 0 Å². The van der Waals surface area contributed by atoms with Crippen LogP contribution in [0.5, 0.6) is 17.2 Å². The van der Waals surface area contributed by atoms with Gasteiger partial charge in [-0.3, -0.25) is 4.79 Å². The Balaban J connectivity index is 1.26. The molecule has 0 bridgehead atoms. The fourth-order valence-electron chi connectivity index (χ4n) is 4.38. The van der Waals surface area contributed by atoms with Crippen LogP contribution in [0.25, 0.3) is 0 Å². The van der Waals surface area contributed by atoms with Crippen molar-refractivity contribution >= 4 is 5.91 Å². The highest BCUT2D eigenvalue weighted by molar-refractivity contribution is 5.94. The smallest absolute Gasteiger partial charge is 0.257 e. The van der Waals surface area contributed by atoms with Crippen molar-refractivity contribution in [3.05, 3.63) is 42.4 Å². The Morgan fingerprint density at radius 3 is 2.74 bits per heavy atom. The van der Waals surface area contributed by atoms with Gasteiger partial charge in [0.05, 0.1) is 17.9 Å². The van der Waals surface area contributed by atoms with Gasteiger partial charge in [-0.1, -0.05) is 0 Å². The first-order chi connectivity index (χ1) is 13.2. The molecule has 5 rings (SSSR count). The maximum Gasteiger partial charge on any atom is 0.257 e. The summed E-state index contributed by atoms with van der Waals surface area (Å²) in [6, 6.07) is 7.13. The van der Waals surface area contributed by atoms with Crippen molar-refractivity contribution < 1.29 is 28.5 Å². The highest BCUT2D eigenvalue weighted by Gasteiger charge is 2.44. The SMILES string of the molecule is O=C(c1ccoc1)N1C[C@H]2C[C@@H](Oc3ccc4c(c3)OCO4)[C@H](O)C[C@H]2C1. The molecule has 0 spiro atoms. The second-order valence-corrected chi connectivity index (χ2v) is 7.45. The van der Waals surface area contributed by atoms with Crippen LogP contribution in [0.15, 0.2) is 41.2 Å². The number of hydrogen-bond donors (Lipinski definition) is 1. The number of fused-ring (bicyclic) bond motifs is 2. The van der Waals surface area contributed by atoms with Crippen molar-refractivity contribution in [2.45, 2.75) is 25.0 Å². The van der Waals surface area contributed by atoms with E-state index in [0.29, 0.717) is 54.2 Å². The molecule has 142 valence electrons. The third-order valence-corrected chi connectivity index (χ3v) is 5.77. The van der Waals surface area contributed by atoms with Crippen LogP contribution in [0.1, 0.15) is 23.2 Å². The van der Waals surface area contributed by atoms with Crippen molar-refractivity contribution in [3.63, 3.8) is 0 Å². The molecule has 1 saturated carbocycles. The molecule has 0 unspecified atom stereocenters. The highest BCUT2D eigenvalue weighted by atomic mass is 16.7. The lowest BCUT2D eigenvalue weighted by molar-refractivity contribution is -0.0232. The topological polar surface area (TPSA) is 81.4 Å². The molecule has 3 heterocycles. The number of carbonyl (C=O) groups is 1. The molecule has 0 radical (unpaired) electrons. The summed E-state index contributed by atoms with van der Waals surface area (Å²) >= 11 is 0. The lowest BCUT2D eigenvalue weighted by atomic mass is 9.78. The zero-order chi connectivity index (χ0) is 18.4. The van der Waals surface area contributed by atoms with Gasteiger partial charge in [0, 0.05) is 19.2 Å². The van der Waals surface area contributed by atoms with Gasteiger partial charge in [-0.05, 0) is 42.9 Å². The first-order valence-electron chi connectivity index (χ1n) is 9.23. The van der Waals surface area contributed by atoms with E-state index >= 15 is 0 Å². The number of amides is 1. The largest absolute Gasteiger partial charge is 0.488 e. The Bertz CT molecular complexity index is 835. The summed E-state index contributed by atoms with van der Waals surface area (Å²) in [4.78, 5) is 14.4. The second kappa shape index (κ2) is 6.49. The van der Waals surface area contributed by atoms with Crippen LogP contribution in [0.2, 0.25) is 0 Å². The van der Waals surface area contributed by atoms with Gasteiger partial charge in [0.25, 0.3) is 5.91 Å². The zero-order valence-corrected chi connectivity index (χ0v) is 14.7. The van der Waals surface area contributed by atoms with Gasteiger partial charge in [-0.2, -0.15) is 0 Å². The number of furan rings is 1. The number of carbonyl (C=O) groups excluding carboxylic acids is 1. The standard InChI is InChI=1S/C20H21NO6/c22-16-5-13-8-21(20(23)12-3-4-24-10-12)9-14(13)6-18(16)27-15-1-2-17-19(7-15)26-11-25-17/h1-4,7,10,13-14,16,18,22H,5-6,8-9,11H2/t13-,14+,16+,18+/m0/s1. The van der Waals surface area contributed by atoms with Crippen molar-refractivity contribution in [1.82, 2.24) is 4.90 Å². The van der Waals surface area contributed by atoms with Crippen molar-refractivity contribution in [2.24, 2.45) is 11.8 Å². The molecule has 7 nitrogen and oxygen atoms in total. The molecule has 2 fully saturated rings. The number of aliphatic hydroxyl groups excluding tert-OH is 1. The third-order valence-electron chi connectivity index (χ3n) is 5.77. The molecule has 1 aromatic carbocycles. The Morgan fingerprint density at radius 1 is 1.11 bits per heavy atom. The number of rotatable bonds is 3. The number of aliphatic hydroxyl groups is 1. The number of nitrogens with zero attached hydrogens (tertiary/aromatic N) is 1. The molecule has 3 aliphatic rings. The van der Waals surface area contributed by atoms with Crippen LogP contribution < -0.4 is 14.2 Å². The predicted octanol–water partition coefficient (Wildman–Crippen LogP) is 2.30. The maximum absolute atomic E-state index is 12.6. The van der Waals surface area contributed by atoms with Gasteiger partial charge in [-0.15, -0.1) is 0 Å². The van der Waals surface area contributed by atoms with E-state index in [1.54, 1.807) is 12.1 Å². The Hall–Kier alpha value is -2.67. The zero-order valence-electron chi connectivity index (χ0n) is 14.7. The predicted molar refractivity (Wildman–Crippen MR) is 93.8 cm³/mol. The number of ether oxygens (including phenoxy) is 3. The Kier molecular flexibility index (Phi) is 3.97. The molecule has 2 aliphatic heterocycles. The van der Waals surface area contributed by atoms with Gasteiger partial charge < -0.3 is 28.6 Å². The molecule has 1 saturated heterocycles. The molecule has 1 N–H and O–H groups in total. The van der Waals surface area contributed by atoms with E-state index < -0.39 is 6.10 Å². The highest BCUT2D eigenvalue weighted by Crippen LogP contribution is 2.40. The summed E-state index contributed by atoms with van der Waals surface area (Å²) in [6.07, 6.45) is 3.49. The van der Waals surface area contributed by atoms with Crippen molar-refractivity contribution in [2.75, 3.05) is 19.9 Å². The van der Waals surface area contributed by atoms with Crippen LogP contribution in [0.4, 0.5) is 0 Å². The lowest BCUT2D eigenvalue weighted by Crippen LogP contribution is -2.42. The fraction of sp³-hybridized carbons (Fsp3) is 0.450. The normalized spacial score (nSPS) is 28.9. The van der Waals surface area contributed by atoms with E-state index in [2.05, 4.69) is 0 Å². The monoisotopic (exact) mass is 371 g/mol. The number of likely N-dealkylation sites (tertiary alicyclic amines) is 1. The van der Waals surface area contributed by atoms with E-state index in [-0.39, 0.29) is 18.8 Å². The van der Waals surface area contributed by atoms with Crippen molar-refractivity contribution in [3.8, 4) is 17.2 Å². The molecular formula is C20H21NO6. The van der Waals surface area contributed by atoms with Gasteiger partial charge in [0.2, 0.25) is 6.79 Å². The minimum Gasteiger partial charge on any atom is -0.488 e. The average Bonchev–Trinajstić information content (AvgIpc) is 3.41. The maximum atomic E-state index is 12.6. The van der Waals surface area contributed by atoms with Crippen LogP contribution in [0.3, 0.4) is 0 Å². The molecular weight excluding hydrogens is 350 g/mol. The summed E-state index contributed by atoms with van der Waals surface area (Å²) in [6.45, 7) is 1.57. The van der Waals surface area contributed by atoms with E-state index in [0.717, 1.165) is 6.42 Å². The molecule has 1 aromatic heterocycles. The van der Waals surface area contributed by atoms with Crippen LogP contribution >= 0.6 is 0 Å². The minimum atomic E-state index is -0.555. The summed E-state index contributed by atoms with van der Waals surface area (Å²) in [5, 5.41) is 10.6. The van der Waals surface area contributed by atoms with Gasteiger partial charge in [-0.25, -0.2) is 0 Å². The molecule has 7 heteroatoms. The second-order valence-electron chi connectivity index (χ2n) is 7.45. The Morgan fingerprint density at radius 2 is 1.93 bits per heavy atom. The number of hydrogen-bond acceptors (Lipinski definition) is 6. The first kappa shape index (κ1) is 16.5. The van der Waals surface area contributed by atoms with E-state index in [1.807, 2.05) is 17.0 Å². The average molecular weight is 371 g/mol. The summed E-state index contributed by atoms with van der Waals surface area (Å²) in [7, 11) is 0. The first-order valence-corrected chi connectivity index (χ1v) is 9.23. The summed E-state index contributed by atoms with van der Waals surface area (Å²) < 4.78 is 21.8. The minimum absolute atomic E-state index is 0.0131. The molecule has 4 atom stereocenters. The summed E-state index contributed by atoms with van der Waals surface area (Å²) in [5.41, 5.74) is 0.572. The van der Waals surface area contributed by atoms with E-state index in [4.69, 9.17) is 18.6 Å². The van der Waals surface area contributed by atoms with Crippen LogP contribution in [0, 0.1) is 11.8 Å². The fourth-order valence-corrected chi connectivity index (χ4v) is 4.38. The van der Waals surface area contributed by atoms with Gasteiger partial charge in [0.1, 0.15) is 18.1 Å². The van der Waals surface area contributed by atoms with Gasteiger partial charge in [0.15, 0.2) is 11.5 Å². The van der Waals surface area contributed by atoms with E-state index in [9.17, 15) is 9.90 Å².